The van der Waals surface area contributed by atoms with Crippen LogP contribution in [0.3, 0.4) is 0 Å². The van der Waals surface area contributed by atoms with E-state index in [2.05, 4.69) is 0 Å². The number of rotatable bonds is 12. The highest BCUT2D eigenvalue weighted by atomic mass is 16.6. The molecular weight excluding hydrogens is 424 g/mol. The number of phenols is 1. The maximum absolute atomic E-state index is 10.9. The lowest BCUT2D eigenvalue weighted by Gasteiger charge is -2.26. The minimum absolute atomic E-state index is 0.0806. The fourth-order valence-corrected chi connectivity index (χ4v) is 3.16. The number of methoxy groups -OCH3 is 4. The molecule has 0 saturated heterocycles. The molecule has 0 fully saturated rings. The monoisotopic (exact) mass is 454 g/mol. The van der Waals surface area contributed by atoms with Crippen LogP contribution in [0.1, 0.15) is 17.2 Å². The predicted octanol–water partition coefficient (Wildman–Crippen LogP) is 0.796. The molecule has 0 bridgehead atoms. The molecule has 10 nitrogen and oxygen atoms in total. The summed E-state index contributed by atoms with van der Waals surface area (Å²) in [5.41, 5.74) is 0.901. The third-order valence-electron chi connectivity index (χ3n) is 4.85. The molecule has 10 heteroatoms. The zero-order valence-corrected chi connectivity index (χ0v) is 18.4. The van der Waals surface area contributed by atoms with E-state index < -0.39 is 31.5 Å². The van der Waals surface area contributed by atoms with E-state index >= 15 is 0 Å². The van der Waals surface area contributed by atoms with E-state index in [0.29, 0.717) is 5.56 Å². The molecule has 2 rings (SSSR count). The largest absolute Gasteiger partial charge is 0.502 e. The Morgan fingerprint density at radius 1 is 0.750 bits per heavy atom. The van der Waals surface area contributed by atoms with Crippen LogP contribution in [0.4, 0.5) is 0 Å². The third-order valence-corrected chi connectivity index (χ3v) is 4.85. The van der Waals surface area contributed by atoms with Gasteiger partial charge in [-0.15, -0.1) is 0 Å². The van der Waals surface area contributed by atoms with Gasteiger partial charge in [0.05, 0.1) is 47.8 Å². The van der Waals surface area contributed by atoms with Gasteiger partial charge in [-0.1, -0.05) is 0 Å². The summed E-state index contributed by atoms with van der Waals surface area (Å²) in [4.78, 5) is 0. The summed E-state index contributed by atoms with van der Waals surface area (Å²) < 4.78 is 26.9. The fourth-order valence-electron chi connectivity index (χ4n) is 3.16. The van der Waals surface area contributed by atoms with Crippen LogP contribution < -0.4 is 23.7 Å². The lowest BCUT2D eigenvalue weighted by atomic mass is 10.0. The first-order valence-electron chi connectivity index (χ1n) is 9.77. The second-order valence-corrected chi connectivity index (χ2v) is 6.93. The van der Waals surface area contributed by atoms with Crippen LogP contribution in [-0.2, 0) is 6.42 Å². The Bertz CT molecular complexity index is 835. The molecule has 0 heterocycles. The number of aromatic hydroxyl groups is 1. The highest BCUT2D eigenvalue weighted by Crippen LogP contribution is 2.42. The summed E-state index contributed by atoms with van der Waals surface area (Å²) in [5.74, 6) is 0.561. The van der Waals surface area contributed by atoms with Crippen molar-refractivity contribution in [3.05, 3.63) is 35.4 Å². The Kier molecular flexibility index (Phi) is 9.21. The first kappa shape index (κ1) is 25.3. The fraction of sp³-hybridized carbons (Fsp3) is 0.455. The standard InChI is InChI=1S/C22H30O10/c1-28-15-8-13(9-16(29-2)21(15)27)20(26)19(11-24)32-22-17(30-3)6-12(5-14(25)10-23)7-18(22)31-4/h6-9,14,19-20,23-27H,5,10-11H2,1-4H3/t14?,19-,20+/m1/s1. The van der Waals surface area contributed by atoms with Gasteiger partial charge in [0.15, 0.2) is 29.1 Å². The zero-order chi connectivity index (χ0) is 23.8. The number of aliphatic hydroxyl groups is 4. The molecule has 0 radical (unpaired) electrons. The van der Waals surface area contributed by atoms with E-state index in [1.807, 2.05) is 0 Å². The van der Waals surface area contributed by atoms with Gasteiger partial charge in [0.1, 0.15) is 6.10 Å². The lowest BCUT2D eigenvalue weighted by Crippen LogP contribution is -2.29. The summed E-state index contributed by atoms with van der Waals surface area (Å²) in [6.45, 7) is -0.967. The van der Waals surface area contributed by atoms with Crippen molar-refractivity contribution in [2.45, 2.75) is 24.7 Å². The molecule has 2 aromatic rings. The third kappa shape index (κ3) is 5.65. The van der Waals surface area contributed by atoms with Gasteiger partial charge in [0, 0.05) is 6.42 Å². The van der Waals surface area contributed by atoms with Gasteiger partial charge in [0.2, 0.25) is 11.5 Å². The minimum Gasteiger partial charge on any atom is -0.502 e. The second-order valence-electron chi connectivity index (χ2n) is 6.93. The van der Waals surface area contributed by atoms with Gasteiger partial charge in [-0.25, -0.2) is 0 Å². The van der Waals surface area contributed by atoms with E-state index in [1.54, 1.807) is 12.1 Å². The van der Waals surface area contributed by atoms with Crippen molar-refractivity contribution in [2.24, 2.45) is 0 Å². The number of aliphatic hydroxyl groups excluding tert-OH is 4. The van der Waals surface area contributed by atoms with E-state index in [4.69, 9.17) is 28.8 Å². The van der Waals surface area contributed by atoms with Gasteiger partial charge in [-0.05, 0) is 35.4 Å². The highest BCUT2D eigenvalue weighted by molar-refractivity contribution is 5.55. The van der Waals surface area contributed by atoms with Crippen LogP contribution in [0.25, 0.3) is 0 Å². The van der Waals surface area contributed by atoms with Crippen LogP contribution in [0.15, 0.2) is 24.3 Å². The maximum atomic E-state index is 10.9. The molecule has 0 saturated carbocycles. The summed E-state index contributed by atoms with van der Waals surface area (Å²) in [6.07, 6.45) is -3.29. The number of benzene rings is 2. The average molecular weight is 454 g/mol. The molecule has 0 amide bonds. The molecule has 0 aromatic heterocycles. The minimum atomic E-state index is -1.34. The Balaban J connectivity index is 2.41. The smallest absolute Gasteiger partial charge is 0.204 e. The second kappa shape index (κ2) is 11.6. The Labute approximate surface area is 186 Å². The van der Waals surface area contributed by atoms with E-state index in [1.165, 1.54) is 40.6 Å². The van der Waals surface area contributed by atoms with Crippen molar-refractivity contribution in [3.8, 4) is 34.5 Å². The Morgan fingerprint density at radius 3 is 1.66 bits per heavy atom. The van der Waals surface area contributed by atoms with Crippen molar-refractivity contribution in [1.29, 1.82) is 0 Å². The molecule has 32 heavy (non-hydrogen) atoms. The van der Waals surface area contributed by atoms with Gasteiger partial charge in [-0.3, -0.25) is 0 Å². The molecule has 0 aliphatic rings. The lowest BCUT2D eigenvalue weighted by molar-refractivity contribution is -0.00186. The van der Waals surface area contributed by atoms with Crippen LogP contribution in [0.2, 0.25) is 0 Å². The number of hydrogen-bond donors (Lipinski definition) is 5. The van der Waals surface area contributed by atoms with Gasteiger partial charge < -0.3 is 49.2 Å². The number of ether oxygens (including phenoxy) is 5. The van der Waals surface area contributed by atoms with Gasteiger partial charge in [0.25, 0.3) is 0 Å². The van der Waals surface area contributed by atoms with E-state index in [-0.39, 0.29) is 46.5 Å². The van der Waals surface area contributed by atoms with Crippen LogP contribution in [0.5, 0.6) is 34.5 Å². The van der Waals surface area contributed by atoms with Crippen molar-refractivity contribution >= 4 is 0 Å². The van der Waals surface area contributed by atoms with E-state index in [0.717, 1.165) is 0 Å². The maximum Gasteiger partial charge on any atom is 0.204 e. The van der Waals surface area contributed by atoms with E-state index in [9.17, 15) is 20.4 Å². The highest BCUT2D eigenvalue weighted by Gasteiger charge is 2.28. The van der Waals surface area contributed by atoms with Crippen LogP contribution >= 0.6 is 0 Å². The molecule has 5 N–H and O–H groups in total. The van der Waals surface area contributed by atoms with Crippen LogP contribution in [0, 0.1) is 0 Å². The van der Waals surface area contributed by atoms with Crippen LogP contribution in [-0.4, -0.2) is 79.4 Å². The molecule has 1 unspecified atom stereocenters. The number of hydrogen-bond acceptors (Lipinski definition) is 10. The summed E-state index contributed by atoms with van der Waals surface area (Å²) in [7, 11) is 5.54. The quantitative estimate of drug-likeness (QED) is 0.312. The predicted molar refractivity (Wildman–Crippen MR) is 114 cm³/mol. The molecule has 0 aliphatic heterocycles. The van der Waals surface area contributed by atoms with Gasteiger partial charge in [-0.2, -0.15) is 0 Å². The molecule has 3 atom stereocenters. The molecular formula is C22H30O10. The van der Waals surface area contributed by atoms with Crippen molar-refractivity contribution in [3.63, 3.8) is 0 Å². The Morgan fingerprint density at radius 2 is 1.25 bits per heavy atom. The summed E-state index contributed by atoms with van der Waals surface area (Å²) in [5, 5.41) is 49.7. The Hall–Kier alpha value is -2.92. The SMILES string of the molecule is COc1cc([C@H](O)[C@@H](CO)Oc2c(OC)cc(CC(O)CO)cc2OC)cc(OC)c1O. The first-order chi connectivity index (χ1) is 15.3. The summed E-state index contributed by atoms with van der Waals surface area (Å²) >= 11 is 0. The van der Waals surface area contributed by atoms with Crippen molar-refractivity contribution in [1.82, 2.24) is 0 Å². The number of phenolic OH excluding ortho intramolecular Hbond substituents is 1. The average Bonchev–Trinajstić information content (AvgIpc) is 2.82. The molecule has 0 aliphatic carbocycles. The zero-order valence-electron chi connectivity index (χ0n) is 18.4. The topological polar surface area (TPSA) is 147 Å². The van der Waals surface area contributed by atoms with Crippen molar-refractivity contribution < 1.29 is 49.2 Å². The van der Waals surface area contributed by atoms with Crippen molar-refractivity contribution in [2.75, 3.05) is 41.7 Å². The van der Waals surface area contributed by atoms with Gasteiger partial charge >= 0.3 is 0 Å². The normalized spacial score (nSPS) is 13.8. The molecule has 178 valence electrons. The molecule has 2 aromatic carbocycles. The summed E-state index contributed by atoms with van der Waals surface area (Å²) in [6, 6.07) is 6.01. The molecule has 0 spiro atoms. The first-order valence-corrected chi connectivity index (χ1v) is 9.77.